The van der Waals surface area contributed by atoms with E-state index < -0.39 is 0 Å². The molecule has 0 radical (unpaired) electrons. The Labute approximate surface area is 87.6 Å². The molecule has 1 aromatic rings. The summed E-state index contributed by atoms with van der Waals surface area (Å²) in [7, 11) is 0. The maximum Gasteiger partial charge on any atom is 0.0463 e. The van der Waals surface area contributed by atoms with Gasteiger partial charge in [-0.15, -0.1) is 0 Å². The van der Waals surface area contributed by atoms with Crippen molar-refractivity contribution in [3.63, 3.8) is 0 Å². The lowest BCUT2D eigenvalue weighted by atomic mass is 9.89. The van der Waals surface area contributed by atoms with Crippen LogP contribution in [0.15, 0.2) is 12.1 Å². The monoisotopic (exact) mass is 191 g/mol. The lowest BCUT2D eigenvalue weighted by Crippen LogP contribution is -2.14. The van der Waals surface area contributed by atoms with Gasteiger partial charge in [0.25, 0.3) is 0 Å². The first-order chi connectivity index (χ1) is 6.30. The van der Waals surface area contributed by atoms with Gasteiger partial charge in [0.05, 0.1) is 0 Å². The summed E-state index contributed by atoms with van der Waals surface area (Å²) in [6, 6.07) is 4.41. The van der Waals surface area contributed by atoms with E-state index in [0.29, 0.717) is 5.92 Å². The highest BCUT2D eigenvalue weighted by Gasteiger charge is 2.16. The predicted octanol–water partition coefficient (Wildman–Crippen LogP) is 3.81. The van der Waals surface area contributed by atoms with Gasteiger partial charge in [-0.25, -0.2) is 0 Å². The molecule has 1 rings (SSSR count). The maximum atomic E-state index is 4.59. The van der Waals surface area contributed by atoms with Gasteiger partial charge in [0.15, 0.2) is 0 Å². The van der Waals surface area contributed by atoms with Gasteiger partial charge in [0, 0.05) is 16.8 Å². The Kier molecular flexibility index (Phi) is 2.98. The largest absolute Gasteiger partial charge is 0.258 e. The molecule has 0 aliphatic rings. The van der Waals surface area contributed by atoms with Crippen molar-refractivity contribution in [2.75, 3.05) is 0 Å². The van der Waals surface area contributed by atoms with E-state index in [0.717, 1.165) is 5.69 Å². The van der Waals surface area contributed by atoms with Crippen molar-refractivity contribution in [2.24, 2.45) is 0 Å². The lowest BCUT2D eigenvalue weighted by Gasteiger charge is -2.20. The SMILES string of the molecule is Cc1cc(C(C)C)cc(C(C)(C)C)n1. The van der Waals surface area contributed by atoms with Crippen LogP contribution in [0, 0.1) is 6.92 Å². The molecule has 1 aromatic heterocycles. The van der Waals surface area contributed by atoms with Gasteiger partial charge < -0.3 is 0 Å². The molecule has 0 aliphatic carbocycles. The van der Waals surface area contributed by atoms with Crippen LogP contribution in [0.5, 0.6) is 0 Å². The van der Waals surface area contributed by atoms with Gasteiger partial charge in [0.2, 0.25) is 0 Å². The number of rotatable bonds is 1. The minimum atomic E-state index is 0.148. The number of hydrogen-bond donors (Lipinski definition) is 0. The van der Waals surface area contributed by atoms with Gasteiger partial charge in [0.1, 0.15) is 0 Å². The van der Waals surface area contributed by atoms with Crippen LogP contribution in [0.2, 0.25) is 0 Å². The second-order valence-electron chi connectivity index (χ2n) is 5.33. The molecule has 0 spiro atoms. The van der Waals surface area contributed by atoms with Gasteiger partial charge in [-0.05, 0) is 30.5 Å². The van der Waals surface area contributed by atoms with Crippen LogP contribution in [0.4, 0.5) is 0 Å². The molecule has 1 heterocycles. The zero-order chi connectivity index (χ0) is 10.9. The summed E-state index contributed by atoms with van der Waals surface area (Å²) in [6.45, 7) is 13.1. The fourth-order valence-electron chi connectivity index (χ4n) is 1.41. The highest BCUT2D eigenvalue weighted by Crippen LogP contribution is 2.24. The number of pyridine rings is 1. The topological polar surface area (TPSA) is 12.9 Å². The predicted molar refractivity (Wildman–Crippen MR) is 61.8 cm³/mol. The summed E-state index contributed by atoms with van der Waals surface area (Å²) in [6.07, 6.45) is 0. The molecular formula is C13H21N. The number of hydrogen-bond acceptors (Lipinski definition) is 1. The Morgan fingerprint density at radius 2 is 1.71 bits per heavy atom. The minimum absolute atomic E-state index is 0.148. The van der Waals surface area contributed by atoms with Crippen molar-refractivity contribution in [2.45, 2.75) is 52.9 Å². The van der Waals surface area contributed by atoms with Crippen molar-refractivity contribution < 1.29 is 0 Å². The fourth-order valence-corrected chi connectivity index (χ4v) is 1.41. The summed E-state index contributed by atoms with van der Waals surface area (Å²) >= 11 is 0. The van der Waals surface area contributed by atoms with Crippen molar-refractivity contribution in [1.82, 2.24) is 4.98 Å². The van der Waals surface area contributed by atoms with E-state index in [9.17, 15) is 0 Å². The molecule has 0 aromatic carbocycles. The van der Waals surface area contributed by atoms with Crippen LogP contribution in [-0.4, -0.2) is 4.98 Å². The first-order valence-electron chi connectivity index (χ1n) is 5.30. The molecule has 0 fully saturated rings. The van der Waals surface area contributed by atoms with Gasteiger partial charge >= 0.3 is 0 Å². The molecule has 0 unspecified atom stereocenters. The summed E-state index contributed by atoms with van der Waals surface area (Å²) in [5.74, 6) is 0.581. The van der Waals surface area contributed by atoms with Crippen LogP contribution >= 0.6 is 0 Å². The zero-order valence-corrected chi connectivity index (χ0v) is 10.2. The average Bonchev–Trinajstić information content (AvgIpc) is 2.01. The standard InChI is InChI=1S/C13H21N/c1-9(2)11-7-10(3)14-12(8-11)13(4,5)6/h7-9H,1-6H3. The third-order valence-electron chi connectivity index (χ3n) is 2.41. The Balaban J connectivity index is 3.21. The van der Waals surface area contributed by atoms with Gasteiger partial charge in [-0.2, -0.15) is 0 Å². The summed E-state index contributed by atoms with van der Waals surface area (Å²) in [5, 5.41) is 0. The first kappa shape index (κ1) is 11.2. The third-order valence-corrected chi connectivity index (χ3v) is 2.41. The molecule has 0 bridgehead atoms. The van der Waals surface area contributed by atoms with Crippen LogP contribution < -0.4 is 0 Å². The second kappa shape index (κ2) is 3.72. The Hall–Kier alpha value is -0.850. The van der Waals surface area contributed by atoms with E-state index in [1.54, 1.807) is 0 Å². The third kappa shape index (κ3) is 2.57. The van der Waals surface area contributed by atoms with Crippen LogP contribution in [-0.2, 0) is 5.41 Å². The minimum Gasteiger partial charge on any atom is -0.258 e. The molecule has 1 heteroatoms. The lowest BCUT2D eigenvalue weighted by molar-refractivity contribution is 0.565. The van der Waals surface area contributed by atoms with Gasteiger partial charge in [-0.3, -0.25) is 4.98 Å². The molecule has 1 nitrogen and oxygen atoms in total. The zero-order valence-electron chi connectivity index (χ0n) is 10.2. The van der Waals surface area contributed by atoms with Crippen molar-refractivity contribution in [1.29, 1.82) is 0 Å². The second-order valence-corrected chi connectivity index (χ2v) is 5.33. The molecular weight excluding hydrogens is 170 g/mol. The highest BCUT2D eigenvalue weighted by atomic mass is 14.7. The molecule has 78 valence electrons. The Morgan fingerprint density at radius 3 is 2.14 bits per heavy atom. The molecule has 0 saturated carbocycles. The van der Waals surface area contributed by atoms with Crippen molar-refractivity contribution in [3.05, 3.63) is 29.1 Å². The first-order valence-corrected chi connectivity index (χ1v) is 5.30. The van der Waals surface area contributed by atoms with Crippen LogP contribution in [0.25, 0.3) is 0 Å². The van der Waals surface area contributed by atoms with E-state index in [4.69, 9.17) is 0 Å². The maximum absolute atomic E-state index is 4.59. The van der Waals surface area contributed by atoms with Crippen LogP contribution in [0.1, 0.15) is 57.5 Å². The molecule has 0 aliphatic heterocycles. The average molecular weight is 191 g/mol. The van der Waals surface area contributed by atoms with E-state index in [-0.39, 0.29) is 5.41 Å². The molecule has 0 saturated heterocycles. The van der Waals surface area contributed by atoms with Crippen molar-refractivity contribution in [3.8, 4) is 0 Å². The Bertz CT molecular complexity index is 318. The molecule has 0 amide bonds. The summed E-state index contributed by atoms with van der Waals surface area (Å²) in [4.78, 5) is 4.59. The summed E-state index contributed by atoms with van der Waals surface area (Å²) in [5.41, 5.74) is 3.86. The fraction of sp³-hybridized carbons (Fsp3) is 0.615. The molecule has 14 heavy (non-hydrogen) atoms. The number of nitrogens with zero attached hydrogens (tertiary/aromatic N) is 1. The van der Waals surface area contributed by atoms with Crippen molar-refractivity contribution >= 4 is 0 Å². The number of aryl methyl sites for hydroxylation is 1. The molecule has 0 atom stereocenters. The normalized spacial score (nSPS) is 12.2. The summed E-state index contributed by atoms with van der Waals surface area (Å²) < 4.78 is 0. The van der Waals surface area contributed by atoms with E-state index in [2.05, 4.69) is 58.7 Å². The van der Waals surface area contributed by atoms with Crippen LogP contribution in [0.3, 0.4) is 0 Å². The van der Waals surface area contributed by atoms with E-state index in [1.807, 2.05) is 0 Å². The van der Waals surface area contributed by atoms with E-state index in [1.165, 1.54) is 11.3 Å². The number of aromatic nitrogens is 1. The molecule has 0 N–H and O–H groups in total. The Morgan fingerprint density at radius 1 is 1.14 bits per heavy atom. The smallest absolute Gasteiger partial charge is 0.0463 e. The van der Waals surface area contributed by atoms with E-state index >= 15 is 0 Å². The van der Waals surface area contributed by atoms with Gasteiger partial charge in [-0.1, -0.05) is 34.6 Å². The quantitative estimate of drug-likeness (QED) is 0.657. The highest BCUT2D eigenvalue weighted by molar-refractivity contribution is 5.27.